The van der Waals surface area contributed by atoms with Crippen LogP contribution in [0, 0.1) is 0 Å². The third-order valence-electron chi connectivity index (χ3n) is 4.83. The second kappa shape index (κ2) is 10.4. The van der Waals surface area contributed by atoms with Crippen LogP contribution < -0.4 is 30.3 Å². The molecule has 158 valence electrons. The molecule has 1 saturated heterocycles. The Labute approximate surface area is 169 Å². The van der Waals surface area contributed by atoms with Gasteiger partial charge < -0.3 is 30.3 Å². The molecule has 0 radical (unpaired) electrons. The van der Waals surface area contributed by atoms with Gasteiger partial charge in [-0.15, -0.1) is 0 Å². The summed E-state index contributed by atoms with van der Waals surface area (Å²) in [6.45, 7) is 10.2. The van der Waals surface area contributed by atoms with Crippen molar-refractivity contribution in [3.63, 3.8) is 0 Å². The van der Waals surface area contributed by atoms with Gasteiger partial charge in [0.15, 0.2) is 5.96 Å². The van der Waals surface area contributed by atoms with E-state index in [-0.39, 0.29) is 5.54 Å². The summed E-state index contributed by atoms with van der Waals surface area (Å²) in [4.78, 5) is 6.74. The number of hydrogen-bond acceptors (Lipinski definition) is 5. The molecule has 1 aliphatic heterocycles. The minimum absolute atomic E-state index is 0.133. The highest BCUT2D eigenvalue weighted by molar-refractivity contribution is 5.80. The first kappa shape index (κ1) is 22.1. The van der Waals surface area contributed by atoms with E-state index in [9.17, 15) is 0 Å². The van der Waals surface area contributed by atoms with Crippen molar-refractivity contribution in [1.29, 1.82) is 0 Å². The summed E-state index contributed by atoms with van der Waals surface area (Å²) in [5.41, 5.74) is 1.28. The van der Waals surface area contributed by atoms with Crippen LogP contribution in [0.25, 0.3) is 0 Å². The third kappa shape index (κ3) is 7.11. The van der Waals surface area contributed by atoms with Gasteiger partial charge >= 0.3 is 0 Å². The number of ether oxygens (including phenoxy) is 2. The monoisotopic (exact) mass is 391 g/mol. The van der Waals surface area contributed by atoms with Gasteiger partial charge in [-0.05, 0) is 33.6 Å². The normalized spacial score (nSPS) is 16.1. The first-order valence-corrected chi connectivity index (χ1v) is 10.0. The topological polar surface area (TPSA) is 70.2 Å². The summed E-state index contributed by atoms with van der Waals surface area (Å²) < 4.78 is 10.8. The zero-order valence-corrected chi connectivity index (χ0v) is 18.3. The molecule has 1 heterocycles. The number of benzene rings is 1. The molecule has 0 bridgehead atoms. The van der Waals surface area contributed by atoms with Gasteiger partial charge in [0.2, 0.25) is 0 Å². The second-order valence-corrected chi connectivity index (χ2v) is 8.15. The summed E-state index contributed by atoms with van der Waals surface area (Å²) >= 11 is 0. The van der Waals surface area contributed by atoms with Crippen LogP contribution in [0.2, 0.25) is 0 Å². The van der Waals surface area contributed by atoms with E-state index in [0.717, 1.165) is 62.2 Å². The number of aliphatic imine (C=N–C) groups is 1. The van der Waals surface area contributed by atoms with Crippen molar-refractivity contribution in [3.05, 3.63) is 18.2 Å². The number of rotatable bonds is 7. The minimum atomic E-state index is 0.133. The molecule has 1 aliphatic rings. The van der Waals surface area contributed by atoms with Crippen LogP contribution >= 0.6 is 0 Å². The van der Waals surface area contributed by atoms with Gasteiger partial charge in [0.1, 0.15) is 11.5 Å². The maximum absolute atomic E-state index is 5.40. The van der Waals surface area contributed by atoms with E-state index in [1.165, 1.54) is 0 Å². The fourth-order valence-corrected chi connectivity index (χ4v) is 3.26. The fraction of sp³-hybridized carbons (Fsp3) is 0.667. The van der Waals surface area contributed by atoms with E-state index in [0.29, 0.717) is 6.04 Å². The van der Waals surface area contributed by atoms with Crippen LogP contribution in [-0.4, -0.2) is 65.0 Å². The van der Waals surface area contributed by atoms with Crippen molar-refractivity contribution in [2.24, 2.45) is 4.99 Å². The zero-order chi connectivity index (χ0) is 20.6. The predicted molar refractivity (Wildman–Crippen MR) is 117 cm³/mol. The maximum atomic E-state index is 5.40. The lowest BCUT2D eigenvalue weighted by Gasteiger charge is -2.35. The molecule has 0 aliphatic carbocycles. The molecule has 0 amide bonds. The summed E-state index contributed by atoms with van der Waals surface area (Å²) in [7, 11) is 5.19. The summed E-state index contributed by atoms with van der Waals surface area (Å²) in [5.74, 6) is 2.52. The molecule has 0 unspecified atom stereocenters. The first-order valence-electron chi connectivity index (χ1n) is 10.0. The minimum Gasteiger partial charge on any atom is -0.497 e. The van der Waals surface area contributed by atoms with Crippen LogP contribution in [-0.2, 0) is 0 Å². The summed E-state index contributed by atoms with van der Waals surface area (Å²) in [6.07, 6.45) is 2.11. The molecule has 7 nitrogen and oxygen atoms in total. The molecule has 28 heavy (non-hydrogen) atoms. The SMILES string of the molecule is CN=C(NCCNC(C)(C)C)NC1CCN(c2cc(OC)cc(OC)c2)CC1. The van der Waals surface area contributed by atoms with Crippen molar-refractivity contribution >= 4 is 11.6 Å². The Balaban J connectivity index is 1.81. The highest BCUT2D eigenvalue weighted by Crippen LogP contribution is 2.30. The Morgan fingerprint density at radius 2 is 1.68 bits per heavy atom. The van der Waals surface area contributed by atoms with Gasteiger partial charge in [-0.25, -0.2) is 0 Å². The smallest absolute Gasteiger partial charge is 0.191 e. The zero-order valence-electron chi connectivity index (χ0n) is 18.3. The highest BCUT2D eigenvalue weighted by Gasteiger charge is 2.21. The van der Waals surface area contributed by atoms with Crippen LogP contribution in [0.3, 0.4) is 0 Å². The third-order valence-corrected chi connectivity index (χ3v) is 4.83. The quantitative estimate of drug-likeness (QED) is 0.376. The van der Waals surface area contributed by atoms with Crippen molar-refractivity contribution in [2.45, 2.75) is 45.2 Å². The van der Waals surface area contributed by atoms with Crippen LogP contribution in [0.15, 0.2) is 23.2 Å². The molecular formula is C21H37N5O2. The van der Waals surface area contributed by atoms with E-state index in [4.69, 9.17) is 9.47 Å². The molecule has 1 aromatic carbocycles. The molecule has 0 aromatic heterocycles. The van der Waals surface area contributed by atoms with E-state index >= 15 is 0 Å². The standard InChI is InChI=1S/C21H37N5O2/c1-21(2,3)24-10-9-23-20(22-4)25-16-7-11-26(12-8-16)17-13-18(27-5)15-19(14-17)28-6/h13-16,24H,7-12H2,1-6H3,(H2,22,23,25). The molecular weight excluding hydrogens is 354 g/mol. The van der Waals surface area contributed by atoms with Crippen LogP contribution in [0.1, 0.15) is 33.6 Å². The molecule has 0 spiro atoms. The van der Waals surface area contributed by atoms with Gasteiger partial charge in [-0.2, -0.15) is 0 Å². The molecule has 2 rings (SSSR count). The molecule has 1 aromatic rings. The summed E-state index contributed by atoms with van der Waals surface area (Å²) in [6, 6.07) is 6.46. The lowest BCUT2D eigenvalue weighted by molar-refractivity contribution is 0.393. The van der Waals surface area contributed by atoms with Crippen molar-refractivity contribution < 1.29 is 9.47 Å². The number of piperidine rings is 1. The van der Waals surface area contributed by atoms with Gasteiger partial charge in [0, 0.05) is 68.7 Å². The Morgan fingerprint density at radius 1 is 1.07 bits per heavy atom. The number of guanidine groups is 1. The largest absolute Gasteiger partial charge is 0.497 e. The van der Waals surface area contributed by atoms with Gasteiger partial charge in [0.25, 0.3) is 0 Å². The average Bonchev–Trinajstić information content (AvgIpc) is 2.69. The van der Waals surface area contributed by atoms with Crippen LogP contribution in [0.4, 0.5) is 5.69 Å². The van der Waals surface area contributed by atoms with Gasteiger partial charge in [0.05, 0.1) is 14.2 Å². The fourth-order valence-electron chi connectivity index (χ4n) is 3.26. The molecule has 7 heteroatoms. The van der Waals surface area contributed by atoms with E-state index in [1.807, 2.05) is 13.1 Å². The molecule has 0 saturated carbocycles. The maximum Gasteiger partial charge on any atom is 0.191 e. The molecule has 1 fully saturated rings. The van der Waals surface area contributed by atoms with E-state index < -0.39 is 0 Å². The first-order chi connectivity index (χ1) is 13.3. The highest BCUT2D eigenvalue weighted by atomic mass is 16.5. The number of nitrogens with one attached hydrogen (secondary N) is 3. The predicted octanol–water partition coefficient (Wildman–Crippen LogP) is 2.23. The number of methoxy groups -OCH3 is 2. The molecule has 0 atom stereocenters. The Morgan fingerprint density at radius 3 is 2.18 bits per heavy atom. The van der Waals surface area contributed by atoms with Gasteiger partial charge in [-0.3, -0.25) is 4.99 Å². The lowest BCUT2D eigenvalue weighted by Crippen LogP contribution is -2.50. The van der Waals surface area contributed by atoms with Crippen LogP contribution in [0.5, 0.6) is 11.5 Å². The lowest BCUT2D eigenvalue weighted by atomic mass is 10.0. The van der Waals surface area contributed by atoms with Gasteiger partial charge in [-0.1, -0.05) is 0 Å². The average molecular weight is 392 g/mol. The summed E-state index contributed by atoms with van der Waals surface area (Å²) in [5, 5.41) is 10.4. The van der Waals surface area contributed by atoms with Crippen molar-refractivity contribution in [1.82, 2.24) is 16.0 Å². The van der Waals surface area contributed by atoms with E-state index in [1.54, 1.807) is 14.2 Å². The van der Waals surface area contributed by atoms with Crippen molar-refractivity contribution in [3.8, 4) is 11.5 Å². The Bertz CT molecular complexity index is 612. The number of anilines is 1. The van der Waals surface area contributed by atoms with Crippen molar-refractivity contribution in [2.75, 3.05) is 52.3 Å². The van der Waals surface area contributed by atoms with E-state index in [2.05, 4.69) is 58.7 Å². The number of nitrogens with zero attached hydrogens (tertiary/aromatic N) is 2. The molecule has 3 N–H and O–H groups in total. The second-order valence-electron chi connectivity index (χ2n) is 8.15. The Hall–Kier alpha value is -2.15. The number of hydrogen-bond donors (Lipinski definition) is 3. The Kier molecular flexibility index (Phi) is 8.23.